The number of carbonyl (C=O) groups is 3. The zero-order valence-corrected chi connectivity index (χ0v) is 22.4. The van der Waals surface area contributed by atoms with Crippen LogP contribution in [-0.4, -0.2) is 110 Å². The van der Waals surface area contributed by atoms with Crippen LogP contribution in [0.25, 0.3) is 11.0 Å². The Kier molecular flexibility index (Phi) is 9.21. The second kappa shape index (κ2) is 12.4. The fourth-order valence-corrected chi connectivity index (χ4v) is 5.02. The zero-order valence-electron chi connectivity index (χ0n) is 22.4. The normalized spacial score (nSPS) is 25.9. The first kappa shape index (κ1) is 28.9. The first-order chi connectivity index (χ1) is 18.5. The topological polar surface area (TPSA) is 145 Å². The highest BCUT2D eigenvalue weighted by Gasteiger charge is 2.53. The molecule has 3 aliphatic rings. The number of ketones is 1. The number of nitrogens with zero attached hydrogens (tertiary/aromatic N) is 2. The van der Waals surface area contributed by atoms with Gasteiger partial charge < -0.3 is 39.3 Å². The second-order valence-corrected chi connectivity index (χ2v) is 10.6. The number of likely N-dealkylation sites (tertiary alicyclic amines) is 1. The predicted molar refractivity (Wildman–Crippen MR) is 138 cm³/mol. The third-order valence-electron chi connectivity index (χ3n) is 6.92. The zero-order chi connectivity index (χ0) is 28.3. The number of furan rings is 1. The number of ether oxygens (including phenoxy) is 3. The molecular weight excluding hydrogens is 513 g/mol. The van der Waals surface area contributed by atoms with Crippen molar-refractivity contribution in [2.45, 2.75) is 50.7 Å². The average molecular weight is 550 g/mol. The van der Waals surface area contributed by atoms with Crippen molar-refractivity contribution in [2.75, 3.05) is 46.5 Å². The Bertz CT molecular complexity index is 1190. The molecule has 3 N–H and O–H groups in total. The molecule has 5 atom stereocenters. The number of hydrogen-bond acceptors (Lipinski definition) is 9. The summed E-state index contributed by atoms with van der Waals surface area (Å²) in [5.41, 5.74) is 6.34. The van der Waals surface area contributed by atoms with E-state index in [1.54, 1.807) is 18.2 Å². The number of rotatable bonds is 7. The van der Waals surface area contributed by atoms with Crippen LogP contribution in [0.4, 0.5) is 4.39 Å². The fourth-order valence-electron chi connectivity index (χ4n) is 5.02. The van der Waals surface area contributed by atoms with Gasteiger partial charge in [0.05, 0.1) is 19.2 Å². The summed E-state index contributed by atoms with van der Waals surface area (Å²) in [6, 6.07) is 5.30. The molecule has 4 heterocycles. The molecule has 4 unspecified atom stereocenters. The van der Waals surface area contributed by atoms with Gasteiger partial charge in [-0.25, -0.2) is 9.18 Å². The first-order valence-electron chi connectivity index (χ1n) is 13.1. The predicted octanol–water partition coefficient (Wildman–Crippen LogP) is 1.72. The van der Waals surface area contributed by atoms with Crippen LogP contribution in [0.5, 0.6) is 5.75 Å². The van der Waals surface area contributed by atoms with Crippen molar-refractivity contribution in [1.82, 2.24) is 9.80 Å². The van der Waals surface area contributed by atoms with E-state index in [2.05, 4.69) is 11.9 Å². The quantitative estimate of drug-likeness (QED) is 0.524. The van der Waals surface area contributed by atoms with E-state index >= 15 is 0 Å². The van der Waals surface area contributed by atoms with Gasteiger partial charge in [-0.1, -0.05) is 13.8 Å². The third kappa shape index (κ3) is 6.93. The van der Waals surface area contributed by atoms with Gasteiger partial charge in [0.15, 0.2) is 5.78 Å². The number of carbonyl (C=O) groups excluding carboxylic acids is 2. The number of carboxylic acid groups (broad SMARTS) is 1. The second-order valence-electron chi connectivity index (χ2n) is 10.6. The van der Waals surface area contributed by atoms with Crippen molar-refractivity contribution < 1.29 is 42.5 Å². The lowest BCUT2D eigenvalue weighted by Gasteiger charge is -2.29. The van der Waals surface area contributed by atoms with E-state index in [0.717, 1.165) is 13.1 Å². The molecule has 11 nitrogen and oxygen atoms in total. The van der Waals surface area contributed by atoms with Crippen LogP contribution in [0.15, 0.2) is 28.7 Å². The lowest BCUT2D eigenvalue weighted by atomic mass is 10.0. The van der Waals surface area contributed by atoms with Crippen molar-refractivity contribution in [3.8, 4) is 5.75 Å². The van der Waals surface area contributed by atoms with Gasteiger partial charge in [0, 0.05) is 18.5 Å². The largest absolute Gasteiger partial charge is 0.491 e. The molecule has 3 fully saturated rings. The number of alkyl halides is 1. The molecule has 0 radical (unpaired) electrons. The van der Waals surface area contributed by atoms with Crippen molar-refractivity contribution >= 4 is 28.6 Å². The Morgan fingerprint density at radius 2 is 2.00 bits per heavy atom. The van der Waals surface area contributed by atoms with E-state index < -0.39 is 30.3 Å². The number of halogens is 1. The molecule has 2 aromatic rings. The number of aromatic carboxylic acids is 1. The van der Waals surface area contributed by atoms with Gasteiger partial charge in [-0.05, 0) is 43.7 Å². The van der Waals surface area contributed by atoms with E-state index in [9.17, 15) is 18.8 Å². The maximum atomic E-state index is 13.7. The minimum absolute atomic E-state index is 0.0541. The minimum atomic E-state index is -1.29. The SMILES string of the molecule is CC(C)CC(N)C(=O)N1CC(F)C2OCC(=O)C21.CN1CCO[C@@H](COc2ccc3oc(C(=O)O)cc3c2)C1. The Morgan fingerprint density at radius 1 is 1.23 bits per heavy atom. The molecule has 3 saturated heterocycles. The number of amides is 1. The van der Waals surface area contributed by atoms with Crippen molar-refractivity contribution in [3.05, 3.63) is 30.0 Å². The van der Waals surface area contributed by atoms with E-state index in [0.29, 0.717) is 36.4 Å². The Labute approximate surface area is 225 Å². The molecule has 1 aromatic carbocycles. The van der Waals surface area contributed by atoms with Gasteiger partial charge in [-0.3, -0.25) is 9.59 Å². The van der Waals surface area contributed by atoms with Crippen molar-refractivity contribution in [3.63, 3.8) is 0 Å². The smallest absolute Gasteiger partial charge is 0.371 e. The summed E-state index contributed by atoms with van der Waals surface area (Å²) in [4.78, 5) is 38.1. The molecule has 3 aliphatic heterocycles. The Balaban J connectivity index is 0.000000183. The van der Waals surface area contributed by atoms with Crippen LogP contribution in [0.1, 0.15) is 30.8 Å². The van der Waals surface area contributed by atoms with E-state index in [4.69, 9.17) is 29.5 Å². The van der Waals surface area contributed by atoms with E-state index in [-0.39, 0.29) is 42.6 Å². The molecule has 5 rings (SSSR count). The maximum absolute atomic E-state index is 13.7. The summed E-state index contributed by atoms with van der Waals surface area (Å²) >= 11 is 0. The molecule has 0 saturated carbocycles. The highest BCUT2D eigenvalue weighted by Crippen LogP contribution is 2.30. The van der Waals surface area contributed by atoms with Gasteiger partial charge in [0.2, 0.25) is 11.7 Å². The molecule has 0 bridgehead atoms. The number of Topliss-reactive ketones (excluding diaryl/α,β-unsaturated/α-hetero) is 1. The lowest BCUT2D eigenvalue weighted by molar-refractivity contribution is -0.137. The molecule has 12 heteroatoms. The van der Waals surface area contributed by atoms with Gasteiger partial charge in [0.1, 0.15) is 49.0 Å². The molecular formula is C27H36FN3O8. The summed E-state index contributed by atoms with van der Waals surface area (Å²) in [6.07, 6.45) is -1.51. The van der Waals surface area contributed by atoms with Crippen LogP contribution in [0.3, 0.4) is 0 Å². The Hall–Kier alpha value is -3.06. The molecule has 214 valence electrons. The van der Waals surface area contributed by atoms with Crippen LogP contribution >= 0.6 is 0 Å². The fraction of sp³-hybridized carbons (Fsp3) is 0.593. The molecule has 0 aliphatic carbocycles. The van der Waals surface area contributed by atoms with E-state index in [1.165, 1.54) is 11.0 Å². The number of nitrogens with two attached hydrogens (primary N) is 1. The van der Waals surface area contributed by atoms with Crippen molar-refractivity contribution in [1.29, 1.82) is 0 Å². The Morgan fingerprint density at radius 3 is 2.69 bits per heavy atom. The monoisotopic (exact) mass is 549 g/mol. The molecule has 1 aromatic heterocycles. The lowest BCUT2D eigenvalue weighted by Crippen LogP contribution is -2.49. The number of fused-ring (bicyclic) bond motifs is 2. The van der Waals surface area contributed by atoms with Crippen LogP contribution in [0.2, 0.25) is 0 Å². The number of benzene rings is 1. The van der Waals surface area contributed by atoms with Crippen molar-refractivity contribution in [2.24, 2.45) is 11.7 Å². The van der Waals surface area contributed by atoms with Crippen LogP contribution < -0.4 is 10.5 Å². The maximum Gasteiger partial charge on any atom is 0.371 e. The van der Waals surface area contributed by atoms with Crippen LogP contribution in [0, 0.1) is 5.92 Å². The number of likely N-dealkylation sites (N-methyl/N-ethyl adjacent to an activating group) is 1. The number of hydrogen-bond donors (Lipinski definition) is 2. The summed E-state index contributed by atoms with van der Waals surface area (Å²) in [6.45, 7) is 6.69. The first-order valence-corrected chi connectivity index (χ1v) is 13.1. The summed E-state index contributed by atoms with van der Waals surface area (Å²) in [5.74, 6) is -0.772. The van der Waals surface area contributed by atoms with Crippen LogP contribution in [-0.2, 0) is 19.1 Å². The highest BCUT2D eigenvalue weighted by atomic mass is 19.1. The summed E-state index contributed by atoms with van der Waals surface area (Å²) in [7, 11) is 2.06. The highest BCUT2D eigenvalue weighted by molar-refractivity contribution is 5.94. The standard InChI is InChI=1S/C15H17NO5.C12H19FN2O3/c1-16-4-5-19-12(8-16)9-20-11-2-3-13-10(6-11)7-14(21-13)15(17)18;1-6(2)3-8(14)12(17)15-4-7(13)11-10(15)9(16)5-18-11/h2-3,6-7,12H,4-5,8-9H2,1H3,(H,17,18);6-8,10-11H,3-5,14H2,1-2H3/t12-;/m1./s1. The third-order valence-corrected chi connectivity index (χ3v) is 6.92. The molecule has 0 spiro atoms. The average Bonchev–Trinajstić information content (AvgIpc) is 3.57. The number of carboxylic acids is 1. The van der Waals surface area contributed by atoms with Gasteiger partial charge in [-0.15, -0.1) is 0 Å². The van der Waals surface area contributed by atoms with Gasteiger partial charge >= 0.3 is 5.97 Å². The number of morpholine rings is 1. The molecule has 39 heavy (non-hydrogen) atoms. The minimum Gasteiger partial charge on any atom is -0.491 e. The van der Waals surface area contributed by atoms with Gasteiger partial charge in [0.25, 0.3) is 0 Å². The van der Waals surface area contributed by atoms with E-state index in [1.807, 2.05) is 13.8 Å². The molecule has 1 amide bonds. The summed E-state index contributed by atoms with van der Waals surface area (Å²) < 4.78 is 35.3. The summed E-state index contributed by atoms with van der Waals surface area (Å²) in [5, 5.41) is 9.62. The van der Waals surface area contributed by atoms with Gasteiger partial charge in [-0.2, -0.15) is 0 Å².